The molecule has 1 heterocycles. The normalized spacial score (nSPS) is 13.7. The number of nitrogens with one attached hydrogen (secondary N) is 1. The molecule has 0 aromatic heterocycles. The zero-order valence-corrected chi connectivity index (χ0v) is 24.5. The van der Waals surface area contributed by atoms with Crippen LogP contribution in [0.15, 0.2) is 78.9 Å². The highest BCUT2D eigenvalue weighted by Crippen LogP contribution is 2.29. The zero-order chi connectivity index (χ0) is 29.9. The largest absolute Gasteiger partial charge is 0.493 e. The van der Waals surface area contributed by atoms with E-state index < -0.39 is 11.9 Å². The number of carbonyl (C=O) groups is 3. The van der Waals surface area contributed by atoms with Crippen molar-refractivity contribution in [3.8, 4) is 5.75 Å². The second-order valence-electron chi connectivity index (χ2n) is 10.6. The monoisotopic (exact) mass is 573 g/mol. The molecule has 0 bridgehead atoms. The number of anilines is 1. The number of piperazine rings is 1. The minimum absolute atomic E-state index is 0.107. The lowest BCUT2D eigenvalue weighted by molar-refractivity contribution is -0.139. The third-order valence-electron chi connectivity index (χ3n) is 6.98. The summed E-state index contributed by atoms with van der Waals surface area (Å²) in [5.41, 5.74) is 2.88. The van der Waals surface area contributed by atoms with Crippen LogP contribution in [-0.4, -0.2) is 80.7 Å². The summed E-state index contributed by atoms with van der Waals surface area (Å²) in [5, 5.41) is 2.67. The first-order valence-corrected chi connectivity index (χ1v) is 14.2. The maximum atomic E-state index is 12.9. The molecule has 0 spiro atoms. The Hall–Kier alpha value is -4.21. The minimum atomic E-state index is -0.600. The molecule has 4 rings (SSSR count). The Morgan fingerprint density at radius 1 is 0.833 bits per heavy atom. The first-order chi connectivity index (χ1) is 20.4. The molecule has 222 valence electrons. The topological polar surface area (TPSA) is 97.4 Å². The second kappa shape index (κ2) is 15.1. The molecule has 9 heteroatoms. The van der Waals surface area contributed by atoms with Gasteiger partial charge in [-0.05, 0) is 35.2 Å². The van der Waals surface area contributed by atoms with Gasteiger partial charge in [0.2, 0.25) is 11.8 Å². The Morgan fingerprint density at radius 2 is 1.45 bits per heavy atom. The average Bonchev–Trinajstić information content (AvgIpc) is 3.01. The van der Waals surface area contributed by atoms with Crippen LogP contribution in [0.1, 0.15) is 41.4 Å². The molecule has 3 aromatic carbocycles. The molecule has 0 unspecified atom stereocenters. The van der Waals surface area contributed by atoms with Crippen LogP contribution in [0.5, 0.6) is 5.75 Å². The van der Waals surface area contributed by atoms with Crippen molar-refractivity contribution in [2.24, 2.45) is 5.92 Å². The van der Waals surface area contributed by atoms with Gasteiger partial charge in [0, 0.05) is 26.2 Å². The van der Waals surface area contributed by atoms with Gasteiger partial charge in [-0.2, -0.15) is 0 Å². The van der Waals surface area contributed by atoms with Gasteiger partial charge in [0.05, 0.1) is 31.0 Å². The Balaban J connectivity index is 1.27. The predicted octanol–water partition coefficient (Wildman–Crippen LogP) is 4.40. The Labute approximate surface area is 247 Å². The Kier molecular flexibility index (Phi) is 11.1. The lowest BCUT2D eigenvalue weighted by atomic mass is 9.96. The van der Waals surface area contributed by atoms with Crippen molar-refractivity contribution >= 4 is 23.5 Å². The van der Waals surface area contributed by atoms with E-state index in [1.807, 2.05) is 50.2 Å². The summed E-state index contributed by atoms with van der Waals surface area (Å²) in [6, 6.07) is 25.7. The van der Waals surface area contributed by atoms with Crippen LogP contribution in [0.2, 0.25) is 0 Å². The number of amides is 2. The van der Waals surface area contributed by atoms with E-state index in [0.29, 0.717) is 44.5 Å². The molecular formula is C33H39N3O6. The molecule has 1 fully saturated rings. The van der Waals surface area contributed by atoms with Crippen molar-refractivity contribution in [1.82, 2.24) is 9.80 Å². The Bertz CT molecular complexity index is 1280. The highest BCUT2D eigenvalue weighted by Gasteiger charge is 2.28. The molecule has 1 saturated heterocycles. The summed E-state index contributed by atoms with van der Waals surface area (Å²) in [4.78, 5) is 41.9. The number of rotatable bonds is 12. The fraction of sp³-hybridized carbons (Fsp3) is 0.364. The molecule has 1 aliphatic heterocycles. The maximum absolute atomic E-state index is 12.9. The van der Waals surface area contributed by atoms with Gasteiger partial charge in [-0.25, -0.2) is 4.79 Å². The van der Waals surface area contributed by atoms with Gasteiger partial charge in [0.1, 0.15) is 19.0 Å². The van der Waals surface area contributed by atoms with E-state index in [1.54, 1.807) is 17.0 Å². The third-order valence-corrected chi connectivity index (χ3v) is 6.98. The SMILES string of the molecule is COC(=O)c1cc(OCC(C)C)ccc1NC(=O)COCC(=O)N1CCN(C(c2ccccc2)c2ccccc2)CC1. The standard InChI is InChI=1S/C33H39N3O6/c1-24(2)21-42-27-14-15-29(28(20-27)33(39)40-3)34-30(37)22-41-23-31(38)35-16-18-36(19-17-35)32(25-10-6-4-7-11-25)26-12-8-5-9-13-26/h4-15,20,24,32H,16-19,21-23H2,1-3H3,(H,34,37). The van der Waals surface area contributed by atoms with Gasteiger partial charge in [-0.3, -0.25) is 14.5 Å². The van der Waals surface area contributed by atoms with Gasteiger partial charge >= 0.3 is 5.97 Å². The Morgan fingerprint density at radius 3 is 2.02 bits per heavy atom. The summed E-state index contributed by atoms with van der Waals surface area (Å²) in [6.45, 7) is 6.56. The number of nitrogens with zero attached hydrogens (tertiary/aromatic N) is 2. The van der Waals surface area contributed by atoms with Crippen LogP contribution >= 0.6 is 0 Å². The van der Waals surface area contributed by atoms with Crippen molar-refractivity contribution < 1.29 is 28.6 Å². The van der Waals surface area contributed by atoms with Crippen LogP contribution in [0.25, 0.3) is 0 Å². The molecule has 42 heavy (non-hydrogen) atoms. The van der Waals surface area contributed by atoms with E-state index in [1.165, 1.54) is 24.3 Å². The quantitative estimate of drug-likeness (QED) is 0.321. The van der Waals surface area contributed by atoms with Crippen LogP contribution in [-0.2, 0) is 19.1 Å². The van der Waals surface area contributed by atoms with E-state index in [0.717, 1.165) is 0 Å². The molecule has 3 aromatic rings. The number of ether oxygens (including phenoxy) is 3. The van der Waals surface area contributed by atoms with Crippen LogP contribution in [0, 0.1) is 5.92 Å². The van der Waals surface area contributed by atoms with Crippen molar-refractivity contribution in [1.29, 1.82) is 0 Å². The van der Waals surface area contributed by atoms with Gasteiger partial charge in [0.15, 0.2) is 0 Å². The highest BCUT2D eigenvalue weighted by atomic mass is 16.5. The first kappa shape index (κ1) is 30.7. The molecular weight excluding hydrogens is 534 g/mol. The fourth-order valence-electron chi connectivity index (χ4n) is 4.89. The first-order valence-electron chi connectivity index (χ1n) is 14.2. The van der Waals surface area contributed by atoms with Crippen molar-refractivity contribution in [3.05, 3.63) is 95.6 Å². The maximum Gasteiger partial charge on any atom is 0.340 e. The molecule has 2 amide bonds. The van der Waals surface area contributed by atoms with Crippen LogP contribution in [0.3, 0.4) is 0 Å². The van der Waals surface area contributed by atoms with Gasteiger partial charge in [0.25, 0.3) is 0 Å². The van der Waals surface area contributed by atoms with Crippen molar-refractivity contribution in [2.45, 2.75) is 19.9 Å². The van der Waals surface area contributed by atoms with Crippen LogP contribution < -0.4 is 10.1 Å². The summed E-state index contributed by atoms with van der Waals surface area (Å²) < 4.78 is 16.0. The van der Waals surface area contributed by atoms with Gasteiger partial charge in [-0.1, -0.05) is 74.5 Å². The van der Waals surface area contributed by atoms with Gasteiger partial charge < -0.3 is 24.4 Å². The lowest BCUT2D eigenvalue weighted by Gasteiger charge is -2.39. The predicted molar refractivity (Wildman–Crippen MR) is 160 cm³/mol. The van der Waals surface area contributed by atoms with E-state index in [4.69, 9.17) is 14.2 Å². The second-order valence-corrected chi connectivity index (χ2v) is 10.6. The molecule has 9 nitrogen and oxygen atoms in total. The molecule has 0 aliphatic carbocycles. The van der Waals surface area contributed by atoms with E-state index >= 15 is 0 Å². The number of methoxy groups -OCH3 is 1. The number of hydrogen-bond donors (Lipinski definition) is 1. The summed E-state index contributed by atoms with van der Waals surface area (Å²) in [6.07, 6.45) is 0. The van der Waals surface area contributed by atoms with Crippen LogP contribution in [0.4, 0.5) is 5.69 Å². The number of hydrogen-bond acceptors (Lipinski definition) is 7. The summed E-state index contributed by atoms with van der Waals surface area (Å²) in [5.74, 6) is -0.433. The van der Waals surface area contributed by atoms with Gasteiger partial charge in [-0.15, -0.1) is 0 Å². The zero-order valence-electron chi connectivity index (χ0n) is 24.5. The van der Waals surface area contributed by atoms with E-state index in [-0.39, 0.29) is 36.4 Å². The number of esters is 1. The minimum Gasteiger partial charge on any atom is -0.493 e. The highest BCUT2D eigenvalue weighted by molar-refractivity contribution is 6.02. The molecule has 0 radical (unpaired) electrons. The molecule has 1 aliphatic rings. The number of carbonyl (C=O) groups excluding carboxylic acids is 3. The summed E-state index contributed by atoms with van der Waals surface area (Å²) >= 11 is 0. The molecule has 0 atom stereocenters. The smallest absolute Gasteiger partial charge is 0.340 e. The van der Waals surface area contributed by atoms with E-state index in [9.17, 15) is 14.4 Å². The summed E-state index contributed by atoms with van der Waals surface area (Å²) in [7, 11) is 1.27. The van der Waals surface area contributed by atoms with Crippen molar-refractivity contribution in [3.63, 3.8) is 0 Å². The van der Waals surface area contributed by atoms with E-state index in [2.05, 4.69) is 34.5 Å². The molecule has 1 N–H and O–H groups in total. The number of benzene rings is 3. The van der Waals surface area contributed by atoms with Crippen molar-refractivity contribution in [2.75, 3.05) is 58.4 Å². The molecule has 0 saturated carbocycles. The fourth-order valence-corrected chi connectivity index (χ4v) is 4.89. The average molecular weight is 574 g/mol. The lowest BCUT2D eigenvalue weighted by Crippen LogP contribution is -2.50. The third kappa shape index (κ3) is 8.41.